The first-order chi connectivity index (χ1) is 13.3. The minimum Gasteiger partial charge on any atom is -0.381 e. The minimum absolute atomic E-state index is 0.315. The van der Waals surface area contributed by atoms with Gasteiger partial charge >= 0.3 is 0 Å². The monoisotopic (exact) mass is 363 g/mol. The lowest BCUT2D eigenvalue weighted by molar-refractivity contribution is -0.142. The van der Waals surface area contributed by atoms with E-state index in [2.05, 4.69) is 47.4 Å². The lowest BCUT2D eigenvalue weighted by Gasteiger charge is -2.42. The highest BCUT2D eigenvalue weighted by molar-refractivity contribution is 5.88. The van der Waals surface area contributed by atoms with Crippen LogP contribution in [0.2, 0.25) is 0 Å². The summed E-state index contributed by atoms with van der Waals surface area (Å²) in [6.45, 7) is 3.10. The van der Waals surface area contributed by atoms with E-state index >= 15 is 0 Å². The molecule has 0 bridgehead atoms. The van der Waals surface area contributed by atoms with E-state index in [0.29, 0.717) is 25.0 Å². The molecule has 0 aliphatic carbocycles. The normalized spacial score (nSPS) is 20.4. The standard InChI is InChI=1S/C24H29NO2/c26-23(24(13-17-27-18-14-24)22-9-5-2-6-10-22)25-15-11-21(12-16-25)19-20-7-3-1-4-8-20/h1-10,21H,11-19H2. The predicted octanol–water partition coefficient (Wildman–Crippen LogP) is 4.22. The number of hydrogen-bond acceptors (Lipinski definition) is 2. The molecule has 0 unspecified atom stereocenters. The number of nitrogens with zero attached hydrogens (tertiary/aromatic N) is 1. The van der Waals surface area contributed by atoms with Gasteiger partial charge in [-0.05, 0) is 49.1 Å². The fourth-order valence-electron chi connectivity index (χ4n) is 4.69. The fourth-order valence-corrected chi connectivity index (χ4v) is 4.69. The van der Waals surface area contributed by atoms with Gasteiger partial charge in [-0.25, -0.2) is 0 Å². The van der Waals surface area contributed by atoms with Crippen LogP contribution in [0.15, 0.2) is 60.7 Å². The summed E-state index contributed by atoms with van der Waals surface area (Å²) in [7, 11) is 0. The third kappa shape index (κ3) is 3.93. The van der Waals surface area contributed by atoms with Gasteiger partial charge in [0.2, 0.25) is 5.91 Å². The van der Waals surface area contributed by atoms with Crippen LogP contribution in [0.25, 0.3) is 0 Å². The summed E-state index contributed by atoms with van der Waals surface area (Å²) in [6, 6.07) is 21.1. The molecule has 2 aliphatic heterocycles. The number of rotatable bonds is 4. The SMILES string of the molecule is O=C(N1CCC(Cc2ccccc2)CC1)C1(c2ccccc2)CCOCC1. The molecule has 2 aromatic rings. The van der Waals surface area contributed by atoms with E-state index in [1.807, 2.05) is 18.2 Å². The molecule has 3 nitrogen and oxygen atoms in total. The lowest BCUT2D eigenvalue weighted by Crippen LogP contribution is -2.52. The van der Waals surface area contributed by atoms with Crippen molar-refractivity contribution < 1.29 is 9.53 Å². The average molecular weight is 364 g/mol. The quantitative estimate of drug-likeness (QED) is 0.814. The maximum atomic E-state index is 13.6. The lowest BCUT2D eigenvalue weighted by atomic mass is 9.72. The molecule has 27 heavy (non-hydrogen) atoms. The molecule has 0 spiro atoms. The maximum absolute atomic E-state index is 13.6. The Morgan fingerprint density at radius 2 is 1.52 bits per heavy atom. The predicted molar refractivity (Wildman–Crippen MR) is 108 cm³/mol. The van der Waals surface area contributed by atoms with Crippen LogP contribution in [0.5, 0.6) is 0 Å². The highest BCUT2D eigenvalue weighted by atomic mass is 16.5. The number of carbonyl (C=O) groups excluding carboxylic acids is 1. The number of amides is 1. The van der Waals surface area contributed by atoms with E-state index in [4.69, 9.17) is 4.74 Å². The van der Waals surface area contributed by atoms with Gasteiger partial charge in [-0.15, -0.1) is 0 Å². The second kappa shape index (κ2) is 8.26. The largest absolute Gasteiger partial charge is 0.381 e. The van der Waals surface area contributed by atoms with Crippen LogP contribution in [0.3, 0.4) is 0 Å². The molecule has 2 saturated heterocycles. The average Bonchev–Trinajstić information content (AvgIpc) is 2.76. The highest BCUT2D eigenvalue weighted by Gasteiger charge is 2.44. The molecule has 3 heteroatoms. The zero-order valence-corrected chi connectivity index (χ0v) is 16.0. The van der Waals surface area contributed by atoms with Gasteiger partial charge in [-0.2, -0.15) is 0 Å². The number of piperidine rings is 1. The van der Waals surface area contributed by atoms with Crippen LogP contribution in [-0.2, 0) is 21.4 Å². The Bertz CT molecular complexity index is 729. The molecule has 0 aromatic heterocycles. The molecular formula is C24H29NO2. The smallest absolute Gasteiger partial charge is 0.233 e. The Kier molecular flexibility index (Phi) is 5.58. The minimum atomic E-state index is -0.397. The Hall–Kier alpha value is -2.13. The summed E-state index contributed by atoms with van der Waals surface area (Å²) >= 11 is 0. The van der Waals surface area contributed by atoms with E-state index in [0.717, 1.165) is 50.8 Å². The molecule has 2 fully saturated rings. The van der Waals surface area contributed by atoms with Gasteiger partial charge in [0.05, 0.1) is 5.41 Å². The van der Waals surface area contributed by atoms with Crippen molar-refractivity contribution in [3.8, 4) is 0 Å². The third-order valence-corrected chi connectivity index (χ3v) is 6.35. The van der Waals surface area contributed by atoms with Gasteiger partial charge in [0.15, 0.2) is 0 Å². The Balaban J connectivity index is 1.44. The molecule has 0 saturated carbocycles. The van der Waals surface area contributed by atoms with E-state index < -0.39 is 5.41 Å². The van der Waals surface area contributed by atoms with Crippen molar-refractivity contribution in [1.82, 2.24) is 4.90 Å². The number of ether oxygens (including phenoxy) is 1. The van der Waals surface area contributed by atoms with Crippen molar-refractivity contribution >= 4 is 5.91 Å². The molecule has 2 aliphatic rings. The van der Waals surface area contributed by atoms with Crippen LogP contribution in [-0.4, -0.2) is 37.1 Å². The first kappa shape index (κ1) is 18.2. The van der Waals surface area contributed by atoms with Crippen LogP contribution in [0.4, 0.5) is 0 Å². The summed E-state index contributed by atoms with van der Waals surface area (Å²) in [4.78, 5) is 15.7. The third-order valence-electron chi connectivity index (χ3n) is 6.35. The summed E-state index contributed by atoms with van der Waals surface area (Å²) in [6.07, 6.45) is 4.91. The van der Waals surface area contributed by atoms with Crippen LogP contribution in [0, 0.1) is 5.92 Å². The molecule has 0 N–H and O–H groups in total. The Labute approximate surface area is 162 Å². The van der Waals surface area contributed by atoms with Crippen molar-refractivity contribution in [2.45, 2.75) is 37.5 Å². The van der Waals surface area contributed by atoms with Crippen molar-refractivity contribution in [2.75, 3.05) is 26.3 Å². The Morgan fingerprint density at radius 1 is 0.926 bits per heavy atom. The summed E-state index contributed by atoms with van der Waals surface area (Å²) in [5.41, 5.74) is 2.17. The maximum Gasteiger partial charge on any atom is 0.233 e. The van der Waals surface area contributed by atoms with Crippen molar-refractivity contribution in [3.63, 3.8) is 0 Å². The van der Waals surface area contributed by atoms with Gasteiger partial charge in [0, 0.05) is 26.3 Å². The number of carbonyl (C=O) groups is 1. The van der Waals surface area contributed by atoms with E-state index in [1.54, 1.807) is 0 Å². The molecule has 142 valence electrons. The molecule has 4 rings (SSSR count). The zero-order valence-electron chi connectivity index (χ0n) is 16.0. The highest BCUT2D eigenvalue weighted by Crippen LogP contribution is 2.38. The summed E-state index contributed by atoms with van der Waals surface area (Å²) < 4.78 is 5.60. The number of benzene rings is 2. The second-order valence-electron chi connectivity index (χ2n) is 7.99. The first-order valence-corrected chi connectivity index (χ1v) is 10.2. The van der Waals surface area contributed by atoms with Crippen LogP contribution in [0.1, 0.15) is 36.8 Å². The molecule has 0 radical (unpaired) electrons. The van der Waals surface area contributed by atoms with Crippen LogP contribution >= 0.6 is 0 Å². The van der Waals surface area contributed by atoms with E-state index in [1.165, 1.54) is 5.56 Å². The van der Waals surface area contributed by atoms with Gasteiger partial charge in [-0.1, -0.05) is 60.7 Å². The molecule has 0 atom stereocenters. The fraction of sp³-hybridized carbons (Fsp3) is 0.458. The molecular weight excluding hydrogens is 334 g/mol. The zero-order chi connectivity index (χ0) is 18.5. The summed E-state index contributed by atoms with van der Waals surface area (Å²) in [5, 5.41) is 0. The van der Waals surface area contributed by atoms with Crippen molar-refractivity contribution in [1.29, 1.82) is 0 Å². The molecule has 2 aromatic carbocycles. The molecule has 1 amide bonds. The van der Waals surface area contributed by atoms with Crippen LogP contribution < -0.4 is 0 Å². The summed E-state index contributed by atoms with van der Waals surface area (Å²) in [5.74, 6) is 0.994. The van der Waals surface area contributed by atoms with Crippen molar-refractivity contribution in [2.24, 2.45) is 5.92 Å². The van der Waals surface area contributed by atoms with E-state index in [9.17, 15) is 4.79 Å². The van der Waals surface area contributed by atoms with Gasteiger partial charge in [-0.3, -0.25) is 4.79 Å². The van der Waals surface area contributed by atoms with Crippen molar-refractivity contribution in [3.05, 3.63) is 71.8 Å². The topological polar surface area (TPSA) is 29.5 Å². The molecule has 2 heterocycles. The number of likely N-dealkylation sites (tertiary alicyclic amines) is 1. The first-order valence-electron chi connectivity index (χ1n) is 10.2. The number of hydrogen-bond donors (Lipinski definition) is 0. The second-order valence-corrected chi connectivity index (χ2v) is 7.99. The van der Waals surface area contributed by atoms with Gasteiger partial charge in [0.25, 0.3) is 0 Å². The Morgan fingerprint density at radius 3 is 2.15 bits per heavy atom. The van der Waals surface area contributed by atoms with Gasteiger partial charge in [0.1, 0.15) is 0 Å². The van der Waals surface area contributed by atoms with E-state index in [-0.39, 0.29) is 0 Å². The van der Waals surface area contributed by atoms with Gasteiger partial charge < -0.3 is 9.64 Å².